The monoisotopic (exact) mass is 414 g/mol. The van der Waals surface area contributed by atoms with Gasteiger partial charge in [0.1, 0.15) is 24.9 Å². The predicted octanol–water partition coefficient (Wildman–Crippen LogP) is 1.77. The number of nitrogens with one attached hydrogen (secondary N) is 1. The Kier molecular flexibility index (Phi) is 6.77. The van der Waals surface area contributed by atoms with Crippen molar-refractivity contribution < 1.29 is 24.2 Å². The number of thiol groups is 1. The highest BCUT2D eigenvalue weighted by atomic mass is 32.1. The fourth-order valence-corrected chi connectivity index (χ4v) is 3.48. The molecule has 1 aliphatic heterocycles. The van der Waals surface area contributed by atoms with Gasteiger partial charge in [0, 0.05) is 5.75 Å². The van der Waals surface area contributed by atoms with Gasteiger partial charge in [-0.2, -0.15) is 12.6 Å². The molecule has 1 heterocycles. The maximum atomic E-state index is 13.0. The zero-order chi connectivity index (χ0) is 20.8. The van der Waals surface area contributed by atoms with E-state index in [0.29, 0.717) is 23.6 Å². The van der Waals surface area contributed by atoms with E-state index < -0.39 is 30.4 Å². The number of rotatable bonds is 7. The first-order valence-electron chi connectivity index (χ1n) is 9.19. The van der Waals surface area contributed by atoms with Crippen molar-refractivity contribution in [2.75, 3.05) is 23.8 Å². The summed E-state index contributed by atoms with van der Waals surface area (Å²) < 4.78 is 5.69. The Morgan fingerprint density at radius 1 is 1.17 bits per heavy atom. The molecule has 2 atom stereocenters. The van der Waals surface area contributed by atoms with Crippen LogP contribution in [0.15, 0.2) is 54.6 Å². The minimum Gasteiger partial charge on any atom is -0.489 e. The number of hydrogen-bond acceptors (Lipinski definition) is 5. The zero-order valence-corrected chi connectivity index (χ0v) is 16.5. The van der Waals surface area contributed by atoms with Crippen LogP contribution in [-0.2, 0) is 20.8 Å². The summed E-state index contributed by atoms with van der Waals surface area (Å²) >= 11 is 4.29. The Labute approximate surface area is 174 Å². The van der Waals surface area contributed by atoms with Crippen LogP contribution in [0.25, 0.3) is 0 Å². The predicted molar refractivity (Wildman–Crippen MR) is 111 cm³/mol. The summed E-state index contributed by atoms with van der Waals surface area (Å²) in [6.07, 6.45) is 0.483. The first kappa shape index (κ1) is 20.7. The first-order valence-corrected chi connectivity index (χ1v) is 9.83. The maximum absolute atomic E-state index is 13.0. The summed E-state index contributed by atoms with van der Waals surface area (Å²) in [5.74, 6) is -1.74. The van der Waals surface area contributed by atoms with Crippen molar-refractivity contribution in [3.05, 3.63) is 60.2 Å². The largest absolute Gasteiger partial charge is 0.489 e. The molecule has 0 bridgehead atoms. The first-order chi connectivity index (χ1) is 14.0. The third-order valence-corrected chi connectivity index (χ3v) is 5.09. The lowest BCUT2D eigenvalue weighted by Gasteiger charge is -2.24. The number of anilines is 1. The number of amides is 2. The van der Waals surface area contributed by atoms with Crippen LogP contribution in [0.3, 0.4) is 0 Å². The topological polar surface area (TPSA) is 95.9 Å². The third kappa shape index (κ3) is 5.08. The Balaban J connectivity index is 1.76. The van der Waals surface area contributed by atoms with E-state index in [2.05, 4.69) is 17.9 Å². The molecule has 0 saturated carbocycles. The van der Waals surface area contributed by atoms with Crippen molar-refractivity contribution in [1.82, 2.24) is 5.32 Å². The molecule has 0 radical (unpaired) electrons. The van der Waals surface area contributed by atoms with Crippen LogP contribution < -0.4 is 15.0 Å². The lowest BCUT2D eigenvalue weighted by molar-refractivity contribution is -0.137. The molecule has 0 saturated heterocycles. The average molecular weight is 414 g/mol. The van der Waals surface area contributed by atoms with Gasteiger partial charge in [0.15, 0.2) is 0 Å². The van der Waals surface area contributed by atoms with Crippen LogP contribution in [0.4, 0.5) is 5.69 Å². The lowest BCUT2D eigenvalue weighted by Crippen LogP contribution is -2.53. The van der Waals surface area contributed by atoms with Gasteiger partial charge in [0.25, 0.3) is 5.91 Å². The fraction of sp³-hybridized carbons (Fsp3) is 0.286. The van der Waals surface area contributed by atoms with Crippen molar-refractivity contribution in [3.63, 3.8) is 0 Å². The molecule has 0 aliphatic carbocycles. The van der Waals surface area contributed by atoms with E-state index in [-0.39, 0.29) is 12.5 Å². The molecule has 2 aromatic carbocycles. The molecule has 0 aromatic heterocycles. The van der Waals surface area contributed by atoms with Gasteiger partial charge >= 0.3 is 5.97 Å². The second-order valence-corrected chi connectivity index (χ2v) is 7.09. The number of ether oxygens (including phenoxy) is 1. The number of aliphatic carboxylic acids is 1. The number of nitrogens with zero attached hydrogens (tertiary/aromatic N) is 1. The molecule has 2 aromatic rings. The summed E-state index contributed by atoms with van der Waals surface area (Å²) in [4.78, 5) is 38.2. The van der Waals surface area contributed by atoms with Gasteiger partial charge in [0.05, 0.1) is 11.6 Å². The highest BCUT2D eigenvalue weighted by Crippen LogP contribution is 2.31. The fourth-order valence-electron chi connectivity index (χ4n) is 3.18. The van der Waals surface area contributed by atoms with E-state index in [1.807, 2.05) is 30.3 Å². The van der Waals surface area contributed by atoms with Gasteiger partial charge < -0.3 is 15.2 Å². The third-order valence-electron chi connectivity index (χ3n) is 4.65. The molecule has 0 unspecified atom stereocenters. The van der Waals surface area contributed by atoms with Crippen LogP contribution >= 0.6 is 12.6 Å². The summed E-state index contributed by atoms with van der Waals surface area (Å²) in [6.45, 7) is -0.603. The van der Waals surface area contributed by atoms with E-state index in [0.717, 1.165) is 10.5 Å². The molecular weight excluding hydrogens is 392 g/mol. The molecule has 2 amide bonds. The van der Waals surface area contributed by atoms with E-state index in [1.54, 1.807) is 24.3 Å². The molecule has 0 spiro atoms. The van der Waals surface area contributed by atoms with Crippen LogP contribution in [0, 0.1) is 5.92 Å². The molecule has 2 N–H and O–H groups in total. The Morgan fingerprint density at radius 2 is 1.86 bits per heavy atom. The van der Waals surface area contributed by atoms with Crippen LogP contribution in [-0.4, -0.2) is 47.8 Å². The molecule has 1 aliphatic rings. The van der Waals surface area contributed by atoms with Gasteiger partial charge in [0.2, 0.25) is 5.91 Å². The number of fused-ring (bicyclic) bond motifs is 1. The van der Waals surface area contributed by atoms with Crippen LogP contribution in [0.2, 0.25) is 0 Å². The van der Waals surface area contributed by atoms with Gasteiger partial charge in [-0.3, -0.25) is 19.3 Å². The second-order valence-electron chi connectivity index (χ2n) is 6.73. The summed E-state index contributed by atoms with van der Waals surface area (Å²) in [6, 6.07) is 15.3. The molecule has 8 heteroatoms. The van der Waals surface area contributed by atoms with Gasteiger partial charge in [-0.15, -0.1) is 0 Å². The van der Waals surface area contributed by atoms with Crippen LogP contribution in [0.5, 0.6) is 5.75 Å². The second kappa shape index (κ2) is 9.47. The standard InChI is InChI=1S/C21H22N2O5S/c24-19(25)11-23-17-8-4-5-9-18(17)28-12-16(21(23)27)22-20(26)15(13-29)10-14-6-2-1-3-7-14/h1-9,15-16,29H,10-13H2,(H,22,26)(H,24,25)/t15-,16+/m1/s1. The van der Waals surface area contributed by atoms with E-state index >= 15 is 0 Å². The van der Waals surface area contributed by atoms with Crippen molar-refractivity contribution in [2.24, 2.45) is 5.92 Å². The number of carbonyl (C=O) groups is 3. The summed E-state index contributed by atoms with van der Waals surface area (Å²) in [5.41, 5.74) is 1.36. The molecule has 152 valence electrons. The number of para-hydroxylation sites is 2. The highest BCUT2D eigenvalue weighted by molar-refractivity contribution is 7.80. The molecule has 3 rings (SSSR count). The number of carbonyl (C=O) groups excluding carboxylic acids is 2. The van der Waals surface area contributed by atoms with Crippen molar-refractivity contribution in [1.29, 1.82) is 0 Å². The average Bonchev–Trinajstić information content (AvgIpc) is 2.85. The van der Waals surface area contributed by atoms with Crippen molar-refractivity contribution in [2.45, 2.75) is 12.5 Å². The number of hydrogen-bond donors (Lipinski definition) is 3. The minimum atomic E-state index is -1.16. The number of carboxylic acids is 1. The SMILES string of the molecule is O=C(O)CN1C(=O)[C@@H](NC(=O)[C@@H](CS)Cc2ccccc2)COc2ccccc21. The molecule has 0 fully saturated rings. The van der Waals surface area contributed by atoms with Crippen molar-refractivity contribution >= 4 is 36.1 Å². The molecule has 7 nitrogen and oxygen atoms in total. The smallest absolute Gasteiger partial charge is 0.323 e. The quantitative estimate of drug-likeness (QED) is 0.600. The number of carboxylic acid groups (broad SMARTS) is 1. The molecular formula is C21H22N2O5S. The molecule has 29 heavy (non-hydrogen) atoms. The summed E-state index contributed by atoms with van der Waals surface area (Å²) in [7, 11) is 0. The van der Waals surface area contributed by atoms with Crippen LogP contribution in [0.1, 0.15) is 5.56 Å². The Hall–Kier alpha value is -3.00. The van der Waals surface area contributed by atoms with E-state index in [9.17, 15) is 19.5 Å². The Bertz CT molecular complexity index is 890. The highest BCUT2D eigenvalue weighted by Gasteiger charge is 2.34. The summed E-state index contributed by atoms with van der Waals surface area (Å²) in [5, 5.41) is 11.9. The van der Waals surface area contributed by atoms with Gasteiger partial charge in [-0.1, -0.05) is 42.5 Å². The van der Waals surface area contributed by atoms with Crippen molar-refractivity contribution in [3.8, 4) is 5.75 Å². The zero-order valence-electron chi connectivity index (χ0n) is 15.7. The Morgan fingerprint density at radius 3 is 2.55 bits per heavy atom. The van der Waals surface area contributed by atoms with E-state index in [1.165, 1.54) is 0 Å². The maximum Gasteiger partial charge on any atom is 0.323 e. The van der Waals surface area contributed by atoms with E-state index in [4.69, 9.17) is 4.74 Å². The van der Waals surface area contributed by atoms with Gasteiger partial charge in [-0.25, -0.2) is 0 Å². The minimum absolute atomic E-state index is 0.0810. The number of benzene rings is 2. The normalized spacial score (nSPS) is 16.9. The van der Waals surface area contributed by atoms with Gasteiger partial charge in [-0.05, 0) is 24.1 Å². The lowest BCUT2D eigenvalue weighted by atomic mass is 10.00.